The molecule has 5 N–H and O–H groups in total. The number of pyridine rings is 1. The van der Waals surface area contributed by atoms with Crippen molar-refractivity contribution in [1.82, 2.24) is 10.3 Å². The van der Waals surface area contributed by atoms with E-state index in [1.165, 1.54) is 0 Å². The number of carbonyl (C=O) groups excluding carboxylic acids is 2. The quantitative estimate of drug-likeness (QED) is 0.709. The van der Waals surface area contributed by atoms with Gasteiger partial charge in [0.25, 0.3) is 5.91 Å². The summed E-state index contributed by atoms with van der Waals surface area (Å²) >= 11 is 0. The van der Waals surface area contributed by atoms with E-state index in [0.29, 0.717) is 30.4 Å². The number of aromatic nitrogens is 1. The van der Waals surface area contributed by atoms with Crippen molar-refractivity contribution in [3.8, 4) is 0 Å². The molecule has 0 spiro atoms. The Morgan fingerprint density at radius 1 is 1.28 bits per heavy atom. The second-order valence-corrected chi connectivity index (χ2v) is 7.37. The first-order chi connectivity index (χ1) is 13.6. The van der Waals surface area contributed by atoms with Crippen LogP contribution in [0.15, 0.2) is 30.5 Å². The van der Waals surface area contributed by atoms with Gasteiger partial charge < -0.3 is 21.7 Å². The highest BCUT2D eigenvalue weighted by molar-refractivity contribution is 6.08. The summed E-state index contributed by atoms with van der Waals surface area (Å²) in [6, 6.07) is 3.79. The number of hydrogen-bond donors (Lipinski definition) is 3. The Labute approximate surface area is 165 Å². The van der Waals surface area contributed by atoms with Gasteiger partial charge in [0.2, 0.25) is 5.91 Å². The number of nitrogens with zero attached hydrogens (tertiary/aromatic N) is 2. The zero-order valence-corrected chi connectivity index (χ0v) is 15.7. The molecule has 1 aliphatic rings. The summed E-state index contributed by atoms with van der Waals surface area (Å²) in [6.07, 6.45) is -2.71. The molecule has 3 rings (SSSR count). The molecule has 1 aliphatic heterocycles. The smallest absolute Gasteiger partial charge is 0.369 e. The zero-order valence-electron chi connectivity index (χ0n) is 15.7. The fraction of sp³-hybridized carbons (Fsp3) is 0.421. The lowest BCUT2D eigenvalue weighted by molar-refractivity contribution is -0.163. The minimum Gasteiger partial charge on any atom is -0.369 e. The van der Waals surface area contributed by atoms with Gasteiger partial charge in [-0.1, -0.05) is 6.92 Å². The molecule has 2 aromatic rings. The molecule has 0 radical (unpaired) electrons. The number of nitrogens with two attached hydrogens (primary N) is 2. The van der Waals surface area contributed by atoms with E-state index < -0.39 is 30.1 Å². The average molecular weight is 409 g/mol. The van der Waals surface area contributed by atoms with Gasteiger partial charge in [-0.05, 0) is 36.6 Å². The van der Waals surface area contributed by atoms with Crippen molar-refractivity contribution in [1.29, 1.82) is 0 Å². The molecular formula is C19H22F3N5O2. The van der Waals surface area contributed by atoms with Gasteiger partial charge in [0.05, 0.1) is 11.1 Å². The fourth-order valence-corrected chi connectivity index (χ4v) is 3.72. The first-order valence-corrected chi connectivity index (χ1v) is 9.13. The fourth-order valence-electron chi connectivity index (χ4n) is 3.72. The van der Waals surface area contributed by atoms with Crippen LogP contribution in [0.4, 0.5) is 18.9 Å². The summed E-state index contributed by atoms with van der Waals surface area (Å²) < 4.78 is 38.1. The lowest BCUT2D eigenvalue weighted by Crippen LogP contribution is -2.57. The number of nitrogens with one attached hydrogen (secondary N) is 1. The topological polar surface area (TPSA) is 114 Å². The molecule has 7 nitrogen and oxygen atoms in total. The molecule has 1 aromatic heterocycles. The Balaban J connectivity index is 1.87. The van der Waals surface area contributed by atoms with Crippen LogP contribution in [0.25, 0.3) is 10.9 Å². The summed E-state index contributed by atoms with van der Waals surface area (Å²) in [5, 5.41) is 3.12. The number of primary amides is 1. The molecule has 3 atom stereocenters. The third-order valence-corrected chi connectivity index (χ3v) is 4.99. The van der Waals surface area contributed by atoms with Gasteiger partial charge in [-0.3, -0.25) is 14.6 Å². The van der Waals surface area contributed by atoms with Crippen LogP contribution in [0.1, 0.15) is 23.7 Å². The highest BCUT2D eigenvalue weighted by Gasteiger charge is 2.43. The SMILES string of the molecule is C[C@H]1C[C@@H](NC(=O)C(N)C(F)(F)F)CN(c2ccc(C(N)=O)c3ncccc23)C1. The normalized spacial score (nSPS) is 21.1. The maximum atomic E-state index is 12.7. The molecular weight excluding hydrogens is 387 g/mol. The van der Waals surface area contributed by atoms with Crippen LogP contribution in [0.3, 0.4) is 0 Å². The van der Waals surface area contributed by atoms with Gasteiger partial charge in [0.15, 0.2) is 6.04 Å². The van der Waals surface area contributed by atoms with E-state index >= 15 is 0 Å². The largest absolute Gasteiger partial charge is 0.412 e. The molecule has 156 valence electrons. The van der Waals surface area contributed by atoms with Crippen LogP contribution < -0.4 is 21.7 Å². The van der Waals surface area contributed by atoms with Crippen molar-refractivity contribution < 1.29 is 22.8 Å². The minimum atomic E-state index is -4.80. The maximum Gasteiger partial charge on any atom is 0.412 e. The van der Waals surface area contributed by atoms with Crippen molar-refractivity contribution in [3.05, 3.63) is 36.0 Å². The van der Waals surface area contributed by atoms with Crippen molar-refractivity contribution >= 4 is 28.4 Å². The second kappa shape index (κ2) is 7.86. The molecule has 1 unspecified atom stereocenters. The van der Waals surface area contributed by atoms with Crippen molar-refractivity contribution in [2.24, 2.45) is 17.4 Å². The van der Waals surface area contributed by atoms with Crippen LogP contribution in [0, 0.1) is 5.92 Å². The molecule has 29 heavy (non-hydrogen) atoms. The Morgan fingerprint density at radius 2 is 2.00 bits per heavy atom. The molecule has 0 bridgehead atoms. The number of amides is 2. The summed E-state index contributed by atoms with van der Waals surface area (Å²) in [4.78, 5) is 29.8. The average Bonchev–Trinajstić information content (AvgIpc) is 2.65. The first-order valence-electron chi connectivity index (χ1n) is 9.13. The number of benzene rings is 1. The number of alkyl halides is 3. The highest BCUT2D eigenvalue weighted by atomic mass is 19.4. The minimum absolute atomic E-state index is 0.110. The molecule has 2 heterocycles. The van der Waals surface area contributed by atoms with E-state index in [2.05, 4.69) is 10.3 Å². The number of anilines is 1. The zero-order chi connectivity index (χ0) is 21.3. The number of fused-ring (bicyclic) bond motifs is 1. The van der Waals surface area contributed by atoms with Crippen LogP contribution in [0.2, 0.25) is 0 Å². The van der Waals surface area contributed by atoms with Gasteiger partial charge in [0.1, 0.15) is 0 Å². The van der Waals surface area contributed by atoms with Crippen LogP contribution >= 0.6 is 0 Å². The van der Waals surface area contributed by atoms with E-state index in [0.717, 1.165) is 5.69 Å². The lowest BCUT2D eigenvalue weighted by atomic mass is 9.94. The van der Waals surface area contributed by atoms with Gasteiger partial charge >= 0.3 is 6.18 Å². The van der Waals surface area contributed by atoms with E-state index in [9.17, 15) is 22.8 Å². The number of carbonyl (C=O) groups is 2. The molecule has 0 aliphatic carbocycles. The van der Waals surface area contributed by atoms with Crippen LogP contribution in [0.5, 0.6) is 0 Å². The monoisotopic (exact) mass is 409 g/mol. The van der Waals surface area contributed by atoms with Gasteiger partial charge in [-0.15, -0.1) is 0 Å². The summed E-state index contributed by atoms with van der Waals surface area (Å²) in [7, 11) is 0. The Kier molecular flexibility index (Phi) is 5.65. The summed E-state index contributed by atoms with van der Waals surface area (Å²) in [5.74, 6) is -1.73. The molecule has 1 aromatic carbocycles. The lowest BCUT2D eigenvalue weighted by Gasteiger charge is -2.39. The third kappa shape index (κ3) is 4.42. The number of rotatable bonds is 4. The molecule has 2 amide bonds. The molecule has 1 saturated heterocycles. The predicted octanol–water partition coefficient (Wildman–Crippen LogP) is 1.55. The maximum absolute atomic E-state index is 12.7. The van der Waals surface area contributed by atoms with Crippen molar-refractivity contribution in [2.75, 3.05) is 18.0 Å². The summed E-state index contributed by atoms with van der Waals surface area (Å²) in [6.45, 7) is 2.89. The number of piperidine rings is 1. The van der Waals surface area contributed by atoms with Crippen molar-refractivity contribution in [2.45, 2.75) is 31.6 Å². The standard InChI is InChI=1S/C19H22F3N5O2/c1-10-7-11(26-18(29)16(23)19(20,21)22)9-27(8-10)14-5-4-13(17(24)28)15-12(14)3-2-6-25-15/h2-6,10-11,16H,7-9,23H2,1H3,(H2,24,28)(H,26,29)/t10-,11+,16?/m0/s1. The molecule has 10 heteroatoms. The number of halogens is 3. The highest BCUT2D eigenvalue weighted by Crippen LogP contribution is 2.31. The predicted molar refractivity (Wildman–Crippen MR) is 102 cm³/mol. The Morgan fingerprint density at radius 3 is 2.66 bits per heavy atom. The number of hydrogen-bond acceptors (Lipinski definition) is 5. The Bertz CT molecular complexity index is 934. The molecule has 1 fully saturated rings. The van der Waals surface area contributed by atoms with Gasteiger partial charge in [-0.25, -0.2) is 0 Å². The second-order valence-electron chi connectivity index (χ2n) is 7.37. The van der Waals surface area contributed by atoms with E-state index in [4.69, 9.17) is 11.5 Å². The van der Waals surface area contributed by atoms with E-state index in [-0.39, 0.29) is 11.5 Å². The first kappa shape index (κ1) is 20.8. The van der Waals surface area contributed by atoms with Crippen molar-refractivity contribution in [3.63, 3.8) is 0 Å². The summed E-state index contributed by atoms with van der Waals surface area (Å²) in [5.41, 5.74) is 11.9. The van der Waals surface area contributed by atoms with E-state index in [1.54, 1.807) is 30.5 Å². The molecule has 0 saturated carbocycles. The van der Waals surface area contributed by atoms with E-state index in [1.807, 2.05) is 11.8 Å². The Hall–Kier alpha value is -2.88. The van der Waals surface area contributed by atoms with Crippen LogP contribution in [-0.2, 0) is 4.79 Å². The van der Waals surface area contributed by atoms with Gasteiger partial charge in [-0.2, -0.15) is 13.2 Å². The van der Waals surface area contributed by atoms with Crippen LogP contribution in [-0.4, -0.2) is 48.1 Å². The third-order valence-electron chi connectivity index (χ3n) is 4.99. The van der Waals surface area contributed by atoms with Gasteiger partial charge in [0, 0.05) is 36.4 Å².